The number of fused-ring (bicyclic) bond motifs is 4. The van der Waals surface area contributed by atoms with Crippen molar-refractivity contribution in [3.8, 4) is 6.07 Å². The summed E-state index contributed by atoms with van der Waals surface area (Å²) in [6.45, 7) is 0.889. The second-order valence-electron chi connectivity index (χ2n) is 5.82. The molecule has 2 N–H and O–H groups in total. The number of hydrogen-bond acceptors (Lipinski definition) is 7. The van der Waals surface area contributed by atoms with Crippen LogP contribution in [0, 0.1) is 11.3 Å². The van der Waals surface area contributed by atoms with Crippen LogP contribution in [0.5, 0.6) is 0 Å². The average molecular weight is 362 g/mol. The first-order valence-electron chi connectivity index (χ1n) is 8.15. The molecule has 27 heavy (non-hydrogen) atoms. The standard InChI is InChI=1S/C18H14N6O3/c1-27-7-6-20-18-21-9-13-14(23-18)15(25)11(8-19)16-22-12-5-3-2-4-10(12)17(26)24(13)16/h2-5,9,22H,6-7H2,1H3,(H,20,21,23). The van der Waals surface area contributed by atoms with E-state index in [1.165, 1.54) is 10.6 Å². The molecule has 3 aromatic heterocycles. The number of aromatic amines is 1. The van der Waals surface area contributed by atoms with Crippen LogP contribution in [-0.2, 0) is 4.74 Å². The first-order valence-corrected chi connectivity index (χ1v) is 8.15. The third-order valence-corrected chi connectivity index (χ3v) is 4.23. The largest absolute Gasteiger partial charge is 0.383 e. The lowest BCUT2D eigenvalue weighted by Gasteiger charge is -2.10. The topological polar surface area (TPSA) is 125 Å². The number of hydrogen-bond donors (Lipinski definition) is 2. The Kier molecular flexibility index (Phi) is 4.02. The number of aromatic nitrogens is 4. The van der Waals surface area contributed by atoms with E-state index in [0.29, 0.717) is 24.1 Å². The van der Waals surface area contributed by atoms with Gasteiger partial charge in [-0.15, -0.1) is 0 Å². The van der Waals surface area contributed by atoms with Gasteiger partial charge in [-0.3, -0.25) is 14.0 Å². The number of H-pyrrole nitrogens is 1. The van der Waals surface area contributed by atoms with Crippen molar-refractivity contribution in [2.45, 2.75) is 0 Å². The van der Waals surface area contributed by atoms with Gasteiger partial charge < -0.3 is 15.0 Å². The molecule has 9 nitrogen and oxygen atoms in total. The number of ether oxygens (including phenoxy) is 1. The number of nitriles is 1. The first-order chi connectivity index (χ1) is 13.2. The Morgan fingerprint density at radius 2 is 2.15 bits per heavy atom. The highest BCUT2D eigenvalue weighted by Gasteiger charge is 2.18. The molecule has 4 aromatic rings. The molecule has 0 radical (unpaired) electrons. The van der Waals surface area contributed by atoms with Crippen LogP contribution in [-0.4, -0.2) is 39.6 Å². The van der Waals surface area contributed by atoms with Crippen molar-refractivity contribution in [1.29, 1.82) is 5.26 Å². The molecular weight excluding hydrogens is 348 g/mol. The molecule has 134 valence electrons. The highest BCUT2D eigenvalue weighted by molar-refractivity contribution is 5.86. The van der Waals surface area contributed by atoms with Gasteiger partial charge in [0.1, 0.15) is 22.8 Å². The quantitative estimate of drug-likeness (QED) is 0.315. The van der Waals surface area contributed by atoms with E-state index in [9.17, 15) is 14.9 Å². The van der Waals surface area contributed by atoms with Crippen LogP contribution in [0.3, 0.4) is 0 Å². The van der Waals surface area contributed by atoms with Crippen LogP contribution in [0.1, 0.15) is 5.56 Å². The normalized spacial score (nSPS) is 11.1. The molecule has 0 saturated carbocycles. The summed E-state index contributed by atoms with van der Waals surface area (Å²) in [6.07, 6.45) is 1.40. The molecule has 9 heteroatoms. The number of rotatable bonds is 4. The minimum atomic E-state index is -0.560. The Morgan fingerprint density at radius 3 is 2.93 bits per heavy atom. The molecular formula is C18H14N6O3. The molecule has 0 bridgehead atoms. The molecule has 0 spiro atoms. The van der Waals surface area contributed by atoms with Crippen molar-refractivity contribution in [1.82, 2.24) is 19.4 Å². The molecule has 0 saturated heterocycles. The van der Waals surface area contributed by atoms with Crippen molar-refractivity contribution in [3.63, 3.8) is 0 Å². The predicted molar refractivity (Wildman–Crippen MR) is 100.0 cm³/mol. The maximum absolute atomic E-state index is 13.0. The number of methoxy groups -OCH3 is 1. The average Bonchev–Trinajstić information content (AvgIpc) is 2.69. The van der Waals surface area contributed by atoms with E-state index in [1.807, 2.05) is 6.07 Å². The van der Waals surface area contributed by atoms with Crippen LogP contribution >= 0.6 is 0 Å². The van der Waals surface area contributed by atoms with Crippen molar-refractivity contribution in [3.05, 3.63) is 56.6 Å². The Morgan fingerprint density at radius 1 is 1.33 bits per heavy atom. The monoisotopic (exact) mass is 362 g/mol. The summed E-state index contributed by atoms with van der Waals surface area (Å²) in [4.78, 5) is 37.2. The number of benzene rings is 1. The summed E-state index contributed by atoms with van der Waals surface area (Å²) in [5, 5.41) is 12.9. The molecule has 0 unspecified atom stereocenters. The van der Waals surface area contributed by atoms with Gasteiger partial charge in [0.2, 0.25) is 11.4 Å². The lowest BCUT2D eigenvalue weighted by atomic mass is 10.2. The minimum absolute atomic E-state index is 0.000233. The van der Waals surface area contributed by atoms with E-state index in [2.05, 4.69) is 20.3 Å². The number of pyridine rings is 1. The summed E-state index contributed by atoms with van der Waals surface area (Å²) < 4.78 is 6.23. The maximum atomic E-state index is 13.0. The van der Waals surface area contributed by atoms with E-state index < -0.39 is 5.43 Å². The molecule has 0 aliphatic rings. The molecule has 0 fully saturated rings. The summed E-state index contributed by atoms with van der Waals surface area (Å²) in [5.41, 5.74) is -0.191. The van der Waals surface area contributed by atoms with Crippen molar-refractivity contribution >= 4 is 33.5 Å². The van der Waals surface area contributed by atoms with E-state index in [4.69, 9.17) is 4.74 Å². The number of para-hydroxylation sites is 1. The van der Waals surface area contributed by atoms with E-state index >= 15 is 0 Å². The fraction of sp³-hybridized carbons (Fsp3) is 0.167. The van der Waals surface area contributed by atoms with Gasteiger partial charge >= 0.3 is 0 Å². The maximum Gasteiger partial charge on any atom is 0.266 e. The molecule has 0 atom stereocenters. The van der Waals surface area contributed by atoms with Gasteiger partial charge in [0.25, 0.3) is 5.56 Å². The van der Waals surface area contributed by atoms with Gasteiger partial charge in [-0.05, 0) is 12.1 Å². The van der Waals surface area contributed by atoms with Crippen LogP contribution in [0.25, 0.3) is 27.6 Å². The Bertz CT molecular complexity index is 1350. The zero-order valence-corrected chi connectivity index (χ0v) is 14.3. The third-order valence-electron chi connectivity index (χ3n) is 4.23. The first kappa shape index (κ1) is 16.7. The van der Waals surface area contributed by atoms with Gasteiger partial charge in [-0.25, -0.2) is 9.97 Å². The summed E-state index contributed by atoms with van der Waals surface area (Å²) in [7, 11) is 1.57. The highest BCUT2D eigenvalue weighted by Crippen LogP contribution is 2.16. The summed E-state index contributed by atoms with van der Waals surface area (Å²) in [5.74, 6) is 0.220. The SMILES string of the molecule is COCCNc1ncc2c(n1)c(=O)c(C#N)c1[nH]c3ccccc3c(=O)n12. The van der Waals surface area contributed by atoms with Gasteiger partial charge in [-0.1, -0.05) is 12.1 Å². The molecule has 0 aliphatic carbocycles. The molecule has 0 aliphatic heterocycles. The lowest BCUT2D eigenvalue weighted by Crippen LogP contribution is -2.23. The predicted octanol–water partition coefficient (Wildman–Crippen LogP) is 1.01. The van der Waals surface area contributed by atoms with Crippen LogP contribution in [0.15, 0.2) is 40.1 Å². The van der Waals surface area contributed by atoms with Crippen molar-refractivity contribution in [2.24, 2.45) is 0 Å². The second-order valence-corrected chi connectivity index (χ2v) is 5.82. The number of nitrogens with zero attached hydrogens (tertiary/aromatic N) is 4. The fourth-order valence-electron chi connectivity index (χ4n) is 2.97. The van der Waals surface area contributed by atoms with Gasteiger partial charge in [0, 0.05) is 13.7 Å². The molecule has 3 heterocycles. The number of nitrogens with one attached hydrogen (secondary N) is 2. The smallest absolute Gasteiger partial charge is 0.266 e. The molecule has 1 aromatic carbocycles. The van der Waals surface area contributed by atoms with Crippen LogP contribution < -0.4 is 16.3 Å². The Hall–Kier alpha value is -3.77. The van der Waals surface area contributed by atoms with Crippen LogP contribution in [0.2, 0.25) is 0 Å². The summed E-state index contributed by atoms with van der Waals surface area (Å²) >= 11 is 0. The van der Waals surface area contributed by atoms with E-state index in [0.717, 1.165) is 0 Å². The zero-order valence-electron chi connectivity index (χ0n) is 14.3. The van der Waals surface area contributed by atoms with Crippen molar-refractivity contribution < 1.29 is 4.74 Å². The van der Waals surface area contributed by atoms with E-state index in [1.54, 1.807) is 31.4 Å². The minimum Gasteiger partial charge on any atom is -0.383 e. The lowest BCUT2D eigenvalue weighted by molar-refractivity contribution is 0.210. The zero-order chi connectivity index (χ0) is 19.0. The molecule has 0 amide bonds. The van der Waals surface area contributed by atoms with Crippen LogP contribution in [0.4, 0.5) is 5.95 Å². The van der Waals surface area contributed by atoms with Crippen molar-refractivity contribution in [2.75, 3.05) is 25.6 Å². The molecule has 4 rings (SSSR count). The van der Waals surface area contributed by atoms with Gasteiger partial charge in [0.15, 0.2) is 0 Å². The second kappa shape index (κ2) is 6.51. The summed E-state index contributed by atoms with van der Waals surface area (Å²) in [6, 6.07) is 8.78. The fourth-order valence-corrected chi connectivity index (χ4v) is 2.97. The van der Waals surface area contributed by atoms with E-state index in [-0.39, 0.29) is 33.8 Å². The Labute approximate surface area is 151 Å². The third kappa shape index (κ3) is 2.59. The Balaban J connectivity index is 2.11. The number of anilines is 1. The highest BCUT2D eigenvalue weighted by atomic mass is 16.5. The van der Waals surface area contributed by atoms with Gasteiger partial charge in [-0.2, -0.15) is 5.26 Å². The van der Waals surface area contributed by atoms with Gasteiger partial charge in [0.05, 0.1) is 29.2 Å².